The highest BCUT2D eigenvalue weighted by molar-refractivity contribution is 5.86. The molecule has 0 saturated carbocycles. The molecule has 7 heteroatoms. The van der Waals surface area contributed by atoms with Crippen molar-refractivity contribution >= 4 is 27.8 Å². The molecule has 0 atom stereocenters. The van der Waals surface area contributed by atoms with Gasteiger partial charge >= 0.3 is 5.63 Å². The molecule has 0 fully saturated rings. The first-order valence-corrected chi connectivity index (χ1v) is 11.1. The van der Waals surface area contributed by atoms with Crippen LogP contribution in [0.2, 0.25) is 0 Å². The normalized spacial score (nSPS) is 11.0. The van der Waals surface area contributed by atoms with Crippen molar-refractivity contribution in [2.75, 3.05) is 20.3 Å². The van der Waals surface area contributed by atoms with Gasteiger partial charge in [-0.15, -0.1) is 0 Å². The zero-order valence-corrected chi connectivity index (χ0v) is 19.6. The molecular weight excluding hydrogens is 432 g/mol. The van der Waals surface area contributed by atoms with E-state index >= 15 is 0 Å². The van der Waals surface area contributed by atoms with E-state index in [1.807, 2.05) is 50.4 Å². The smallest absolute Gasteiger partial charge is 0.340 e. The van der Waals surface area contributed by atoms with Gasteiger partial charge in [0.25, 0.3) is 0 Å². The van der Waals surface area contributed by atoms with E-state index in [0.717, 1.165) is 38.7 Å². The molecule has 4 aromatic rings. The Labute approximate surface area is 197 Å². The summed E-state index contributed by atoms with van der Waals surface area (Å²) in [6.45, 7) is 8.36. The minimum Gasteiger partial charge on any atom is -0.497 e. The van der Waals surface area contributed by atoms with Gasteiger partial charge in [0.15, 0.2) is 0 Å². The number of fused-ring (bicyclic) bond motifs is 2. The lowest BCUT2D eigenvalue weighted by molar-refractivity contribution is -0.120. The van der Waals surface area contributed by atoms with E-state index in [4.69, 9.17) is 13.9 Å². The molecule has 0 aliphatic heterocycles. The number of ether oxygens (including phenoxy) is 2. The lowest BCUT2D eigenvalue weighted by Crippen LogP contribution is -2.29. The topological polar surface area (TPSA) is 93.6 Å². The summed E-state index contributed by atoms with van der Waals surface area (Å²) in [5.41, 5.74) is 3.99. The van der Waals surface area contributed by atoms with Crippen LogP contribution in [-0.2, 0) is 17.6 Å². The minimum absolute atomic E-state index is 0.0386. The van der Waals surface area contributed by atoms with E-state index in [2.05, 4.69) is 16.9 Å². The van der Waals surface area contributed by atoms with Crippen LogP contribution in [-0.4, -0.2) is 31.2 Å². The maximum Gasteiger partial charge on any atom is 0.340 e. The number of carbonyl (C=O) groups excluding carboxylic acids is 1. The Morgan fingerprint density at radius 3 is 2.68 bits per heavy atom. The summed E-state index contributed by atoms with van der Waals surface area (Å²) < 4.78 is 16.4. The highest BCUT2D eigenvalue weighted by atomic mass is 16.5. The minimum atomic E-state index is -0.511. The van der Waals surface area contributed by atoms with Crippen LogP contribution < -0.4 is 20.4 Å². The van der Waals surface area contributed by atoms with E-state index in [9.17, 15) is 9.59 Å². The number of aromatic amines is 1. The maximum absolute atomic E-state index is 12.6. The largest absolute Gasteiger partial charge is 0.497 e. The summed E-state index contributed by atoms with van der Waals surface area (Å²) in [6, 6.07) is 11.2. The first-order valence-electron chi connectivity index (χ1n) is 11.1. The number of hydrogen-bond acceptors (Lipinski definition) is 5. The van der Waals surface area contributed by atoms with Crippen LogP contribution in [0.25, 0.3) is 21.9 Å². The molecule has 0 unspecified atom stereocenters. The molecule has 0 bridgehead atoms. The lowest BCUT2D eigenvalue weighted by Gasteiger charge is -2.10. The Bertz CT molecular complexity index is 1430. The third kappa shape index (κ3) is 4.98. The number of nitrogens with one attached hydrogen (secondary N) is 2. The van der Waals surface area contributed by atoms with Gasteiger partial charge in [0.2, 0.25) is 5.91 Å². The van der Waals surface area contributed by atoms with Crippen LogP contribution in [0.3, 0.4) is 0 Å². The fourth-order valence-electron chi connectivity index (χ4n) is 3.93. The Morgan fingerprint density at radius 2 is 1.91 bits per heavy atom. The average molecular weight is 461 g/mol. The van der Waals surface area contributed by atoms with E-state index in [1.165, 1.54) is 0 Å². The first-order chi connectivity index (χ1) is 16.4. The number of carbonyl (C=O) groups is 1. The van der Waals surface area contributed by atoms with Crippen molar-refractivity contribution < 1.29 is 18.7 Å². The maximum atomic E-state index is 12.6. The van der Waals surface area contributed by atoms with Gasteiger partial charge in [-0.25, -0.2) is 4.79 Å². The second-order valence-electron chi connectivity index (χ2n) is 8.40. The Kier molecular flexibility index (Phi) is 6.72. The zero-order valence-electron chi connectivity index (χ0n) is 19.6. The predicted molar refractivity (Wildman–Crippen MR) is 133 cm³/mol. The number of rotatable bonds is 9. The van der Waals surface area contributed by atoms with Crippen LogP contribution in [0, 0.1) is 6.92 Å². The number of methoxy groups -OCH3 is 1. The van der Waals surface area contributed by atoms with Gasteiger partial charge in [-0.05, 0) is 61.2 Å². The summed E-state index contributed by atoms with van der Waals surface area (Å²) in [5.74, 6) is 1.16. The third-order valence-corrected chi connectivity index (χ3v) is 5.77. The number of aryl methyl sites for hydroxylation is 1. The SMILES string of the molecule is C=C(C)COc1ccc2c(C)c(CC(=O)NCCc3c[nH]c4cc(OC)ccc34)c(=O)oc2c1. The van der Waals surface area contributed by atoms with Crippen LogP contribution in [0.15, 0.2) is 64.0 Å². The molecule has 34 heavy (non-hydrogen) atoms. The molecule has 0 saturated heterocycles. The predicted octanol–water partition coefficient (Wildman–Crippen LogP) is 4.45. The molecule has 2 aromatic carbocycles. The molecule has 2 aromatic heterocycles. The summed E-state index contributed by atoms with van der Waals surface area (Å²) in [7, 11) is 1.63. The standard InChI is InChI=1S/C27H28N2O5/c1-16(2)15-33-20-6-7-21-17(3)23(27(31)34-25(21)12-20)13-26(30)28-10-9-18-14-29-24-11-19(32-4)5-8-22(18)24/h5-8,11-12,14,29H,1,9-10,13,15H2,2-4H3,(H,28,30). The number of amides is 1. The van der Waals surface area contributed by atoms with Gasteiger partial charge in [0.05, 0.1) is 19.1 Å². The molecule has 0 aliphatic carbocycles. The highest BCUT2D eigenvalue weighted by Gasteiger charge is 2.16. The summed E-state index contributed by atoms with van der Waals surface area (Å²) >= 11 is 0. The van der Waals surface area contributed by atoms with Crippen LogP contribution in [0.5, 0.6) is 11.5 Å². The quantitative estimate of drug-likeness (QED) is 0.284. The lowest BCUT2D eigenvalue weighted by atomic mass is 10.0. The molecule has 176 valence electrons. The van der Waals surface area contributed by atoms with Crippen molar-refractivity contribution in [3.05, 3.63) is 81.9 Å². The van der Waals surface area contributed by atoms with Crippen molar-refractivity contribution in [1.29, 1.82) is 0 Å². The molecule has 7 nitrogen and oxygen atoms in total. The second kappa shape index (κ2) is 9.87. The first kappa shape index (κ1) is 23.2. The zero-order chi connectivity index (χ0) is 24.2. The van der Waals surface area contributed by atoms with Crippen molar-refractivity contribution in [2.24, 2.45) is 0 Å². The van der Waals surface area contributed by atoms with Gasteiger partial charge in [-0.3, -0.25) is 4.79 Å². The average Bonchev–Trinajstić information content (AvgIpc) is 3.22. The van der Waals surface area contributed by atoms with Crippen LogP contribution in [0.4, 0.5) is 0 Å². The molecule has 1 amide bonds. The van der Waals surface area contributed by atoms with E-state index in [-0.39, 0.29) is 12.3 Å². The van der Waals surface area contributed by atoms with Gasteiger partial charge in [-0.2, -0.15) is 0 Å². The fourth-order valence-corrected chi connectivity index (χ4v) is 3.93. The van der Waals surface area contributed by atoms with E-state index < -0.39 is 5.63 Å². The van der Waals surface area contributed by atoms with Crippen molar-refractivity contribution in [3.8, 4) is 11.5 Å². The van der Waals surface area contributed by atoms with Crippen LogP contribution >= 0.6 is 0 Å². The molecule has 2 heterocycles. The van der Waals surface area contributed by atoms with Gasteiger partial charge in [0, 0.05) is 41.2 Å². The molecule has 0 radical (unpaired) electrons. The highest BCUT2D eigenvalue weighted by Crippen LogP contribution is 2.25. The molecule has 2 N–H and O–H groups in total. The number of benzene rings is 2. The van der Waals surface area contributed by atoms with Gasteiger partial charge in [-0.1, -0.05) is 6.58 Å². The monoisotopic (exact) mass is 460 g/mol. The number of aromatic nitrogens is 1. The Balaban J connectivity index is 1.42. The number of H-pyrrole nitrogens is 1. The Morgan fingerprint density at radius 1 is 1.15 bits per heavy atom. The molecular formula is C27H28N2O5. The molecule has 0 aliphatic rings. The van der Waals surface area contributed by atoms with Crippen molar-refractivity contribution in [2.45, 2.75) is 26.7 Å². The van der Waals surface area contributed by atoms with Crippen molar-refractivity contribution in [1.82, 2.24) is 10.3 Å². The van der Waals surface area contributed by atoms with E-state index in [1.54, 1.807) is 13.2 Å². The summed E-state index contributed by atoms with van der Waals surface area (Å²) in [6.07, 6.45) is 2.56. The van der Waals surface area contributed by atoms with E-state index in [0.29, 0.717) is 36.5 Å². The summed E-state index contributed by atoms with van der Waals surface area (Å²) in [5, 5.41) is 4.78. The van der Waals surface area contributed by atoms with Crippen molar-refractivity contribution in [3.63, 3.8) is 0 Å². The van der Waals surface area contributed by atoms with Gasteiger partial charge < -0.3 is 24.2 Å². The molecule has 4 rings (SSSR count). The Hall–Kier alpha value is -4.00. The third-order valence-electron chi connectivity index (χ3n) is 5.77. The second-order valence-corrected chi connectivity index (χ2v) is 8.40. The van der Waals surface area contributed by atoms with Crippen LogP contribution in [0.1, 0.15) is 23.6 Å². The summed E-state index contributed by atoms with van der Waals surface area (Å²) in [4.78, 5) is 28.4. The number of hydrogen-bond donors (Lipinski definition) is 2. The molecule has 0 spiro atoms. The van der Waals surface area contributed by atoms with Gasteiger partial charge in [0.1, 0.15) is 23.7 Å². The fraction of sp³-hybridized carbons (Fsp3) is 0.259.